The zero-order valence-corrected chi connectivity index (χ0v) is 25.8. The second kappa shape index (κ2) is 11.7. The van der Waals surface area contributed by atoms with E-state index in [9.17, 15) is 44.0 Å². The Labute approximate surface area is 263 Å². The first-order valence-electron chi connectivity index (χ1n) is 11.9. The van der Waals surface area contributed by atoms with Crippen molar-refractivity contribution < 1.29 is 44.0 Å². The van der Waals surface area contributed by atoms with E-state index in [0.29, 0.717) is 5.69 Å². The van der Waals surface area contributed by atoms with Gasteiger partial charge in [0.1, 0.15) is 26.1 Å². The Morgan fingerprint density at radius 3 is 1.98 bits per heavy atom. The predicted molar refractivity (Wildman–Crippen MR) is 160 cm³/mol. The fourth-order valence-corrected chi connectivity index (χ4v) is 6.94. The first-order valence-corrected chi connectivity index (χ1v) is 17.0. The molecule has 5 rings (SSSR count). The van der Waals surface area contributed by atoms with Crippen LogP contribution in [0, 0.1) is 0 Å². The van der Waals surface area contributed by atoms with Crippen LogP contribution in [-0.4, -0.2) is 59.0 Å². The molecule has 5 aromatic rings. The Bertz CT molecular complexity index is 2390. The molecule has 0 amide bonds. The molecule has 0 bridgehead atoms. The van der Waals surface area contributed by atoms with Crippen molar-refractivity contribution in [2.45, 2.75) is 21.2 Å². The topological polar surface area (TPSA) is 259 Å². The maximum Gasteiger partial charge on any atom is 0.297 e. The molecule has 0 fully saturated rings. The SMILES string of the molecule is O=S(=O)(O)c1cc2cc(NCc3nc(Cl)nc(Cl)n3)ccc2c(O)c1N=Nc1ccc2c(S(=O)(=O)O)cccc2c1S(=O)(=O)O. The number of phenolic OH excluding ortho intramolecular Hbond substituents is 1. The highest BCUT2D eigenvalue weighted by Crippen LogP contribution is 2.43. The van der Waals surface area contributed by atoms with Crippen LogP contribution in [-0.2, 0) is 36.9 Å². The smallest absolute Gasteiger partial charge is 0.297 e. The monoisotopic (exact) mass is 714 g/mol. The fraction of sp³-hybridized carbons (Fsp3) is 0.0417. The lowest BCUT2D eigenvalue weighted by atomic mass is 10.1. The minimum absolute atomic E-state index is 0.0183. The fourth-order valence-electron chi connectivity index (χ4n) is 4.35. The van der Waals surface area contributed by atoms with Crippen molar-refractivity contribution in [3.8, 4) is 5.75 Å². The zero-order chi connectivity index (χ0) is 32.9. The van der Waals surface area contributed by atoms with E-state index in [1.54, 1.807) is 0 Å². The third-order valence-electron chi connectivity index (χ3n) is 6.15. The van der Waals surface area contributed by atoms with E-state index >= 15 is 0 Å². The summed E-state index contributed by atoms with van der Waals surface area (Å²) in [6, 6.07) is 10.5. The number of hydrogen-bond acceptors (Lipinski definition) is 13. The second-order valence-electron chi connectivity index (χ2n) is 9.04. The normalized spacial score (nSPS) is 12.7. The summed E-state index contributed by atoms with van der Waals surface area (Å²) < 4.78 is 102. The van der Waals surface area contributed by atoms with Crippen molar-refractivity contribution >= 4 is 92.2 Å². The van der Waals surface area contributed by atoms with Gasteiger partial charge in [-0.25, -0.2) is 9.97 Å². The summed E-state index contributed by atoms with van der Waals surface area (Å²) in [5.41, 5.74) is -0.993. The lowest BCUT2D eigenvalue weighted by molar-refractivity contribution is 0.472. The number of nitrogens with one attached hydrogen (secondary N) is 1. The van der Waals surface area contributed by atoms with Gasteiger partial charge in [-0.15, -0.1) is 10.2 Å². The number of rotatable bonds is 8. The first kappa shape index (κ1) is 32.3. The number of benzene rings is 4. The third kappa shape index (κ3) is 6.79. The van der Waals surface area contributed by atoms with Crippen LogP contribution in [0.4, 0.5) is 17.1 Å². The quantitative estimate of drug-likeness (QED) is 0.105. The van der Waals surface area contributed by atoms with Crippen LogP contribution in [0.3, 0.4) is 0 Å². The van der Waals surface area contributed by atoms with Crippen LogP contribution in [0.15, 0.2) is 79.5 Å². The molecule has 0 spiro atoms. The molecule has 234 valence electrons. The van der Waals surface area contributed by atoms with Gasteiger partial charge in [0.05, 0.1) is 6.54 Å². The van der Waals surface area contributed by atoms with E-state index in [0.717, 1.165) is 36.4 Å². The van der Waals surface area contributed by atoms with Gasteiger partial charge in [-0.2, -0.15) is 30.2 Å². The number of aromatic hydroxyl groups is 1. The Balaban J connectivity index is 1.62. The molecule has 5 N–H and O–H groups in total. The van der Waals surface area contributed by atoms with Gasteiger partial charge in [-0.1, -0.05) is 18.2 Å². The molecule has 16 nitrogen and oxygen atoms in total. The van der Waals surface area contributed by atoms with Gasteiger partial charge in [0.25, 0.3) is 30.4 Å². The van der Waals surface area contributed by atoms with Crippen LogP contribution in [0.5, 0.6) is 5.75 Å². The maximum atomic E-state index is 12.3. The van der Waals surface area contributed by atoms with Gasteiger partial charge in [-0.3, -0.25) is 13.7 Å². The molecule has 4 aromatic carbocycles. The van der Waals surface area contributed by atoms with Crippen LogP contribution < -0.4 is 5.32 Å². The van der Waals surface area contributed by atoms with Crippen molar-refractivity contribution in [3.63, 3.8) is 0 Å². The molecule has 45 heavy (non-hydrogen) atoms. The summed E-state index contributed by atoms with van der Waals surface area (Å²) in [7, 11) is -15.0. The average molecular weight is 716 g/mol. The summed E-state index contributed by atoms with van der Waals surface area (Å²) >= 11 is 11.5. The van der Waals surface area contributed by atoms with Gasteiger partial charge in [-0.05, 0) is 65.0 Å². The highest BCUT2D eigenvalue weighted by molar-refractivity contribution is 7.86. The number of hydrogen-bond donors (Lipinski definition) is 5. The van der Waals surface area contributed by atoms with Crippen molar-refractivity contribution in [1.82, 2.24) is 15.0 Å². The van der Waals surface area contributed by atoms with E-state index in [-0.39, 0.29) is 44.5 Å². The van der Waals surface area contributed by atoms with E-state index in [2.05, 4.69) is 30.5 Å². The predicted octanol–water partition coefficient (Wildman–Crippen LogP) is 4.96. The van der Waals surface area contributed by atoms with Gasteiger partial charge in [0.2, 0.25) is 10.6 Å². The molecule has 1 aromatic heterocycles. The summed E-state index contributed by atoms with van der Waals surface area (Å²) in [5, 5.41) is 20.6. The summed E-state index contributed by atoms with van der Waals surface area (Å²) in [6.45, 7) is 0.0183. The van der Waals surface area contributed by atoms with Crippen LogP contribution in [0.2, 0.25) is 10.6 Å². The summed E-state index contributed by atoms with van der Waals surface area (Å²) in [6.07, 6.45) is 0. The molecule has 0 saturated carbocycles. The Morgan fingerprint density at radius 1 is 0.711 bits per heavy atom. The number of nitrogens with zero attached hydrogens (tertiary/aromatic N) is 5. The molecule has 0 atom stereocenters. The standard InChI is InChI=1S/C24H16Cl2N6O10S3/c25-23-28-19(29-24(26)30-23)10-27-12-4-5-13-11(8-12)9-18(44(37,38)39)20(21(13)33)32-31-16-7-6-14-15(22(16)45(40,41)42)2-1-3-17(14)43(34,35)36/h1-9,27,33H,10H2,(H,34,35,36)(H,37,38,39)(H,40,41,42). The van der Waals surface area contributed by atoms with E-state index in [1.807, 2.05) is 0 Å². The van der Waals surface area contributed by atoms with E-state index in [1.165, 1.54) is 18.2 Å². The average Bonchev–Trinajstić information content (AvgIpc) is 2.92. The third-order valence-corrected chi connectivity index (χ3v) is 9.21. The molecule has 0 unspecified atom stereocenters. The minimum atomic E-state index is -5.14. The lowest BCUT2D eigenvalue weighted by Crippen LogP contribution is -2.06. The van der Waals surface area contributed by atoms with Crippen molar-refractivity contribution in [3.05, 3.63) is 71.0 Å². The van der Waals surface area contributed by atoms with Gasteiger partial charge < -0.3 is 10.4 Å². The molecule has 1 heterocycles. The maximum absolute atomic E-state index is 12.3. The number of phenols is 1. The number of fused-ring (bicyclic) bond motifs is 2. The largest absolute Gasteiger partial charge is 0.505 e. The lowest BCUT2D eigenvalue weighted by Gasteiger charge is -2.12. The van der Waals surface area contributed by atoms with Crippen LogP contribution in [0.25, 0.3) is 21.5 Å². The van der Waals surface area contributed by atoms with Crippen molar-refractivity contribution in [2.24, 2.45) is 10.2 Å². The Kier molecular flexibility index (Phi) is 8.40. The summed E-state index contributed by atoms with van der Waals surface area (Å²) in [4.78, 5) is 8.96. The first-order chi connectivity index (χ1) is 20.9. The van der Waals surface area contributed by atoms with Crippen molar-refractivity contribution in [1.29, 1.82) is 0 Å². The molecule has 0 radical (unpaired) electrons. The van der Waals surface area contributed by atoms with E-state index in [4.69, 9.17) is 23.2 Å². The Hall–Kier alpha value is -4.08. The molecular formula is C24H16Cl2N6O10S3. The minimum Gasteiger partial charge on any atom is -0.505 e. The van der Waals surface area contributed by atoms with Gasteiger partial charge >= 0.3 is 0 Å². The zero-order valence-electron chi connectivity index (χ0n) is 21.9. The molecule has 21 heteroatoms. The van der Waals surface area contributed by atoms with Crippen LogP contribution in [0.1, 0.15) is 5.82 Å². The van der Waals surface area contributed by atoms with Gasteiger partial charge in [0, 0.05) is 21.8 Å². The second-order valence-corrected chi connectivity index (χ2v) is 13.9. The van der Waals surface area contributed by atoms with Crippen LogP contribution >= 0.6 is 23.2 Å². The molecule has 0 aliphatic heterocycles. The highest BCUT2D eigenvalue weighted by Gasteiger charge is 2.25. The molecule has 0 aliphatic carbocycles. The van der Waals surface area contributed by atoms with Crippen molar-refractivity contribution in [2.75, 3.05) is 5.32 Å². The number of halogens is 2. The van der Waals surface area contributed by atoms with Gasteiger partial charge in [0.15, 0.2) is 11.6 Å². The molecule has 0 saturated heterocycles. The van der Waals surface area contributed by atoms with E-state index < -0.39 is 62.2 Å². The molecule has 0 aliphatic rings. The Morgan fingerprint density at radius 2 is 1.36 bits per heavy atom. The highest BCUT2D eigenvalue weighted by atomic mass is 35.5. The number of aromatic nitrogens is 3. The molecular weight excluding hydrogens is 699 g/mol. The number of anilines is 1. The summed E-state index contributed by atoms with van der Waals surface area (Å²) in [5.74, 6) is -0.584. The number of azo groups is 1.